The maximum absolute atomic E-state index is 12.2. The third-order valence-corrected chi connectivity index (χ3v) is 4.04. The van der Waals surface area contributed by atoms with Gasteiger partial charge in [0.15, 0.2) is 0 Å². The summed E-state index contributed by atoms with van der Waals surface area (Å²) in [6.07, 6.45) is 0. The summed E-state index contributed by atoms with van der Waals surface area (Å²) < 4.78 is 10.6. The van der Waals surface area contributed by atoms with E-state index >= 15 is 0 Å². The lowest BCUT2D eigenvalue weighted by Crippen LogP contribution is -2.12. The minimum atomic E-state index is -1.05. The highest BCUT2D eigenvalue weighted by atomic mass is 32.1. The Morgan fingerprint density at radius 3 is 2.57 bits per heavy atom. The molecule has 122 valence electrons. The molecule has 0 saturated heterocycles. The lowest BCUT2D eigenvalue weighted by Gasteiger charge is -2.12. The van der Waals surface area contributed by atoms with Gasteiger partial charge in [-0.2, -0.15) is 0 Å². The largest absolute Gasteiger partial charge is 0.489 e. The highest BCUT2D eigenvalue weighted by molar-refractivity contribution is 7.15. The molecule has 0 unspecified atom stereocenters. The maximum Gasteiger partial charge on any atom is 0.345 e. The summed E-state index contributed by atoms with van der Waals surface area (Å²) in [5.74, 6) is -0.874. The van der Waals surface area contributed by atoms with Crippen LogP contribution in [-0.4, -0.2) is 37.3 Å². The molecule has 1 aromatic carbocycles. The van der Waals surface area contributed by atoms with Crippen LogP contribution in [-0.2, 0) is 4.74 Å². The molecule has 1 amide bonds. The SMILES string of the molecule is COCCOc1cc(C)ccc1NC(=O)c1ccc(C(=O)O)s1. The summed E-state index contributed by atoms with van der Waals surface area (Å²) in [6, 6.07) is 8.33. The Hall–Kier alpha value is -2.38. The summed E-state index contributed by atoms with van der Waals surface area (Å²) in [5, 5.41) is 11.7. The van der Waals surface area contributed by atoms with E-state index in [2.05, 4.69) is 5.32 Å². The van der Waals surface area contributed by atoms with Gasteiger partial charge in [-0.3, -0.25) is 4.79 Å². The van der Waals surface area contributed by atoms with E-state index in [9.17, 15) is 9.59 Å². The molecular weight excluding hydrogens is 318 g/mol. The number of amides is 1. The second kappa shape index (κ2) is 7.75. The first-order valence-electron chi connectivity index (χ1n) is 6.88. The molecule has 2 rings (SSSR count). The highest BCUT2D eigenvalue weighted by Crippen LogP contribution is 2.27. The summed E-state index contributed by atoms with van der Waals surface area (Å²) in [4.78, 5) is 23.6. The van der Waals surface area contributed by atoms with Gasteiger partial charge < -0.3 is 19.9 Å². The molecule has 23 heavy (non-hydrogen) atoms. The van der Waals surface area contributed by atoms with Crippen LogP contribution < -0.4 is 10.1 Å². The Balaban J connectivity index is 2.14. The van der Waals surface area contributed by atoms with Gasteiger partial charge in [-0.05, 0) is 36.8 Å². The van der Waals surface area contributed by atoms with Crippen molar-refractivity contribution < 1.29 is 24.2 Å². The van der Waals surface area contributed by atoms with E-state index in [4.69, 9.17) is 14.6 Å². The normalized spacial score (nSPS) is 10.3. The molecule has 0 bridgehead atoms. The number of carbonyl (C=O) groups is 2. The molecule has 0 aliphatic heterocycles. The molecule has 0 atom stereocenters. The zero-order valence-electron chi connectivity index (χ0n) is 12.8. The topological polar surface area (TPSA) is 84.9 Å². The maximum atomic E-state index is 12.2. The van der Waals surface area contributed by atoms with Crippen molar-refractivity contribution in [3.8, 4) is 5.75 Å². The van der Waals surface area contributed by atoms with E-state index in [1.54, 1.807) is 13.2 Å². The molecule has 2 aromatic rings. The number of methoxy groups -OCH3 is 1. The molecule has 1 aromatic heterocycles. The fraction of sp³-hybridized carbons (Fsp3) is 0.250. The van der Waals surface area contributed by atoms with E-state index in [-0.39, 0.29) is 10.8 Å². The molecule has 0 radical (unpaired) electrons. The smallest absolute Gasteiger partial charge is 0.345 e. The molecule has 1 heterocycles. The average molecular weight is 335 g/mol. The van der Waals surface area contributed by atoms with E-state index in [1.165, 1.54) is 12.1 Å². The van der Waals surface area contributed by atoms with Crippen LogP contribution in [0.3, 0.4) is 0 Å². The molecule has 0 fully saturated rings. The van der Waals surface area contributed by atoms with Crippen LogP contribution in [0.15, 0.2) is 30.3 Å². The van der Waals surface area contributed by atoms with Crippen molar-refractivity contribution in [3.05, 3.63) is 45.6 Å². The van der Waals surface area contributed by atoms with Gasteiger partial charge in [0.05, 0.1) is 17.2 Å². The third-order valence-electron chi connectivity index (χ3n) is 2.97. The molecule has 7 heteroatoms. The number of rotatable bonds is 7. The van der Waals surface area contributed by atoms with Crippen LogP contribution in [0.1, 0.15) is 24.9 Å². The second-order valence-corrected chi connectivity index (χ2v) is 5.85. The monoisotopic (exact) mass is 335 g/mol. The Kier molecular flexibility index (Phi) is 5.72. The van der Waals surface area contributed by atoms with Crippen molar-refractivity contribution in [2.24, 2.45) is 0 Å². The minimum Gasteiger partial charge on any atom is -0.489 e. The van der Waals surface area contributed by atoms with Crippen LogP contribution in [0, 0.1) is 6.92 Å². The van der Waals surface area contributed by atoms with Crippen molar-refractivity contribution in [2.45, 2.75) is 6.92 Å². The van der Waals surface area contributed by atoms with E-state index in [0.717, 1.165) is 16.9 Å². The molecule has 2 N–H and O–H groups in total. The van der Waals surface area contributed by atoms with Gasteiger partial charge >= 0.3 is 5.97 Å². The molecule has 6 nitrogen and oxygen atoms in total. The number of carbonyl (C=O) groups excluding carboxylic acids is 1. The Morgan fingerprint density at radius 2 is 1.91 bits per heavy atom. The second-order valence-electron chi connectivity index (χ2n) is 4.76. The fourth-order valence-electron chi connectivity index (χ4n) is 1.85. The number of aromatic carboxylic acids is 1. The molecule has 0 aliphatic rings. The number of benzene rings is 1. The van der Waals surface area contributed by atoms with Gasteiger partial charge in [-0.25, -0.2) is 4.79 Å². The van der Waals surface area contributed by atoms with Gasteiger partial charge in [-0.15, -0.1) is 11.3 Å². The van der Waals surface area contributed by atoms with Crippen molar-refractivity contribution in [3.63, 3.8) is 0 Å². The van der Waals surface area contributed by atoms with E-state index < -0.39 is 5.97 Å². The number of carboxylic acids is 1. The number of aryl methyl sites for hydroxylation is 1. The van der Waals surface area contributed by atoms with Gasteiger partial charge in [0.25, 0.3) is 5.91 Å². The fourth-order valence-corrected chi connectivity index (χ4v) is 2.59. The molecule has 0 aliphatic carbocycles. The van der Waals surface area contributed by atoms with Crippen molar-refractivity contribution in [2.75, 3.05) is 25.6 Å². The van der Waals surface area contributed by atoms with Gasteiger partial charge in [0.1, 0.15) is 17.2 Å². The Labute approximate surface area is 137 Å². The lowest BCUT2D eigenvalue weighted by molar-refractivity contribution is 0.0702. The summed E-state index contributed by atoms with van der Waals surface area (Å²) in [5.41, 5.74) is 1.53. The number of hydrogen-bond donors (Lipinski definition) is 2. The summed E-state index contributed by atoms with van der Waals surface area (Å²) >= 11 is 0.926. The Morgan fingerprint density at radius 1 is 1.17 bits per heavy atom. The molecule has 0 spiro atoms. The lowest BCUT2D eigenvalue weighted by atomic mass is 10.2. The van der Waals surface area contributed by atoms with Crippen LogP contribution in [0.25, 0.3) is 0 Å². The van der Waals surface area contributed by atoms with Gasteiger partial charge in [0.2, 0.25) is 0 Å². The zero-order valence-corrected chi connectivity index (χ0v) is 13.6. The minimum absolute atomic E-state index is 0.121. The number of nitrogens with one attached hydrogen (secondary N) is 1. The van der Waals surface area contributed by atoms with Gasteiger partial charge in [-0.1, -0.05) is 6.07 Å². The number of ether oxygens (including phenoxy) is 2. The number of carboxylic acid groups (broad SMARTS) is 1. The van der Waals surface area contributed by atoms with Gasteiger partial charge in [0, 0.05) is 7.11 Å². The first-order chi connectivity index (χ1) is 11.0. The predicted molar refractivity (Wildman–Crippen MR) is 87.8 cm³/mol. The first kappa shape index (κ1) is 17.0. The number of thiophene rings is 1. The standard InChI is InChI=1S/C16H17NO5S/c1-10-3-4-11(12(9-10)22-8-7-21-2)17-15(18)13-5-6-14(23-13)16(19)20/h3-6,9H,7-8H2,1-2H3,(H,17,18)(H,19,20). The third kappa shape index (κ3) is 4.54. The zero-order chi connectivity index (χ0) is 16.8. The van der Waals surface area contributed by atoms with Crippen LogP contribution in [0.4, 0.5) is 5.69 Å². The van der Waals surface area contributed by atoms with E-state index in [1.807, 2.05) is 19.1 Å². The van der Waals surface area contributed by atoms with Crippen molar-refractivity contribution in [1.29, 1.82) is 0 Å². The van der Waals surface area contributed by atoms with Crippen LogP contribution >= 0.6 is 11.3 Å². The van der Waals surface area contributed by atoms with Crippen LogP contribution in [0.5, 0.6) is 5.75 Å². The average Bonchev–Trinajstić information content (AvgIpc) is 3.00. The van der Waals surface area contributed by atoms with Crippen LogP contribution in [0.2, 0.25) is 0 Å². The molecule has 0 saturated carbocycles. The van der Waals surface area contributed by atoms with Crippen molar-refractivity contribution >= 4 is 28.9 Å². The number of anilines is 1. The van der Waals surface area contributed by atoms with E-state index in [0.29, 0.717) is 29.5 Å². The van der Waals surface area contributed by atoms with Crippen molar-refractivity contribution in [1.82, 2.24) is 0 Å². The first-order valence-corrected chi connectivity index (χ1v) is 7.70. The summed E-state index contributed by atoms with van der Waals surface area (Å²) in [6.45, 7) is 2.73. The highest BCUT2D eigenvalue weighted by Gasteiger charge is 2.15. The molecular formula is C16H17NO5S. The quantitative estimate of drug-likeness (QED) is 0.760. The number of hydrogen-bond acceptors (Lipinski definition) is 5. The predicted octanol–water partition coefficient (Wildman–Crippen LogP) is 3.03. The summed E-state index contributed by atoms with van der Waals surface area (Å²) in [7, 11) is 1.58. The Bertz CT molecular complexity index is 710.